The summed E-state index contributed by atoms with van der Waals surface area (Å²) < 4.78 is 0. The molecule has 6 nitrogen and oxygen atoms in total. The molecule has 0 bridgehead atoms. The molecule has 1 rings (SSSR count). The molecule has 20 heavy (non-hydrogen) atoms. The maximum Gasteiger partial charge on any atom is 0.251 e. The highest BCUT2D eigenvalue weighted by atomic mass is 35.5. The highest BCUT2D eigenvalue weighted by Crippen LogP contribution is 2.23. The highest BCUT2D eigenvalue weighted by Gasteiger charge is 2.08. The second-order valence-corrected chi connectivity index (χ2v) is 4.15. The Morgan fingerprint density at radius 3 is 2.70 bits per heavy atom. The standard InChI is InChI=1S/C13H12ClN5O/c1-2-5-17-13(20)9-3-4-11(14)12(6-9)19-18-10(7-15)8-16/h3-4,6,19H,2,5H2,1H3,(H,17,20). The fourth-order valence-electron chi connectivity index (χ4n) is 1.28. The van der Waals surface area contributed by atoms with Crippen molar-refractivity contribution >= 4 is 28.9 Å². The van der Waals surface area contributed by atoms with E-state index in [0.717, 1.165) is 6.42 Å². The fraction of sp³-hybridized carbons (Fsp3) is 0.231. The number of nitrogens with zero attached hydrogens (tertiary/aromatic N) is 3. The van der Waals surface area contributed by atoms with Crippen LogP contribution in [-0.2, 0) is 0 Å². The number of benzene rings is 1. The van der Waals surface area contributed by atoms with Gasteiger partial charge >= 0.3 is 0 Å². The number of halogens is 1. The molecule has 0 unspecified atom stereocenters. The predicted octanol–water partition coefficient (Wildman–Crippen LogP) is 2.29. The first-order chi connectivity index (χ1) is 9.62. The quantitative estimate of drug-likeness (QED) is 0.641. The van der Waals surface area contributed by atoms with Crippen molar-refractivity contribution in [2.45, 2.75) is 13.3 Å². The molecule has 102 valence electrons. The Morgan fingerprint density at radius 1 is 1.40 bits per heavy atom. The Hall–Kier alpha value is -2.57. The summed E-state index contributed by atoms with van der Waals surface area (Å²) in [7, 11) is 0. The van der Waals surface area contributed by atoms with Crippen molar-refractivity contribution in [3.63, 3.8) is 0 Å². The minimum absolute atomic E-state index is 0.226. The van der Waals surface area contributed by atoms with Gasteiger partial charge in [0.1, 0.15) is 12.1 Å². The third kappa shape index (κ3) is 4.27. The van der Waals surface area contributed by atoms with Crippen molar-refractivity contribution in [2.75, 3.05) is 12.0 Å². The zero-order valence-electron chi connectivity index (χ0n) is 10.8. The molecule has 0 spiro atoms. The fourth-order valence-corrected chi connectivity index (χ4v) is 1.44. The van der Waals surface area contributed by atoms with E-state index in [-0.39, 0.29) is 11.6 Å². The van der Waals surface area contributed by atoms with Gasteiger partial charge in [0.15, 0.2) is 0 Å². The third-order valence-corrected chi connectivity index (χ3v) is 2.59. The van der Waals surface area contributed by atoms with Crippen molar-refractivity contribution < 1.29 is 4.79 Å². The van der Waals surface area contributed by atoms with Gasteiger partial charge in [-0.25, -0.2) is 0 Å². The van der Waals surface area contributed by atoms with Gasteiger partial charge in [-0.1, -0.05) is 18.5 Å². The van der Waals surface area contributed by atoms with Crippen LogP contribution in [0.15, 0.2) is 23.3 Å². The molecule has 1 aromatic carbocycles. The molecule has 0 atom stereocenters. The molecule has 0 saturated carbocycles. The molecule has 2 N–H and O–H groups in total. The largest absolute Gasteiger partial charge is 0.352 e. The van der Waals surface area contributed by atoms with E-state index in [2.05, 4.69) is 15.8 Å². The second kappa shape index (κ2) is 7.78. The molecular weight excluding hydrogens is 278 g/mol. The zero-order valence-corrected chi connectivity index (χ0v) is 11.5. The normalized spacial score (nSPS) is 9.00. The lowest BCUT2D eigenvalue weighted by Crippen LogP contribution is -2.23. The smallest absolute Gasteiger partial charge is 0.251 e. The number of hydrazone groups is 1. The summed E-state index contributed by atoms with van der Waals surface area (Å²) in [4.78, 5) is 11.8. The maximum atomic E-state index is 11.8. The van der Waals surface area contributed by atoms with E-state index in [9.17, 15) is 4.79 Å². The van der Waals surface area contributed by atoms with Crippen LogP contribution in [0.4, 0.5) is 5.69 Å². The molecule has 0 aliphatic rings. The van der Waals surface area contributed by atoms with Crippen molar-refractivity contribution in [3.8, 4) is 12.1 Å². The van der Waals surface area contributed by atoms with Crippen molar-refractivity contribution in [2.24, 2.45) is 5.10 Å². The minimum Gasteiger partial charge on any atom is -0.352 e. The number of rotatable bonds is 5. The Balaban J connectivity index is 2.93. The van der Waals surface area contributed by atoms with Crippen LogP contribution >= 0.6 is 11.6 Å². The summed E-state index contributed by atoms with van der Waals surface area (Å²) in [6.07, 6.45) is 0.836. The van der Waals surface area contributed by atoms with E-state index >= 15 is 0 Å². The number of carbonyl (C=O) groups excluding carboxylic acids is 1. The minimum atomic E-state index is -0.332. The summed E-state index contributed by atoms with van der Waals surface area (Å²) >= 11 is 5.95. The van der Waals surface area contributed by atoms with Gasteiger partial charge in [-0.2, -0.15) is 15.6 Å². The van der Waals surface area contributed by atoms with Gasteiger partial charge in [-0.3, -0.25) is 10.2 Å². The van der Waals surface area contributed by atoms with Crippen LogP contribution in [-0.4, -0.2) is 18.2 Å². The van der Waals surface area contributed by atoms with Gasteiger partial charge in [-0.05, 0) is 24.6 Å². The van der Waals surface area contributed by atoms with Crippen LogP contribution in [0.2, 0.25) is 5.02 Å². The summed E-state index contributed by atoms with van der Waals surface area (Å²) in [6, 6.07) is 7.85. The number of anilines is 1. The molecule has 0 fully saturated rings. The summed E-state index contributed by atoms with van der Waals surface area (Å²) in [5.74, 6) is -0.226. The monoisotopic (exact) mass is 289 g/mol. The molecule has 0 saturated heterocycles. The van der Waals surface area contributed by atoms with Crippen molar-refractivity contribution in [1.29, 1.82) is 10.5 Å². The van der Waals surface area contributed by atoms with Gasteiger partial charge < -0.3 is 5.32 Å². The first-order valence-electron chi connectivity index (χ1n) is 5.84. The molecular formula is C13H12ClN5O. The van der Waals surface area contributed by atoms with Gasteiger partial charge in [-0.15, -0.1) is 0 Å². The van der Waals surface area contributed by atoms with Crippen molar-refractivity contribution in [3.05, 3.63) is 28.8 Å². The second-order valence-electron chi connectivity index (χ2n) is 3.75. The molecule has 0 aromatic heterocycles. The molecule has 0 radical (unpaired) electrons. The van der Waals surface area contributed by atoms with E-state index in [0.29, 0.717) is 22.8 Å². The molecule has 0 aliphatic heterocycles. The average molecular weight is 290 g/mol. The summed E-state index contributed by atoms with van der Waals surface area (Å²) in [5, 5.41) is 23.8. The Labute approximate surface area is 121 Å². The SMILES string of the molecule is CCCNC(=O)c1ccc(Cl)c(NN=C(C#N)C#N)c1. The highest BCUT2D eigenvalue weighted by molar-refractivity contribution is 6.33. The number of hydrogen-bond acceptors (Lipinski definition) is 5. The number of amides is 1. The van der Waals surface area contributed by atoms with Crippen LogP contribution in [0.5, 0.6) is 0 Å². The number of nitrogens with one attached hydrogen (secondary N) is 2. The van der Waals surface area contributed by atoms with E-state index < -0.39 is 0 Å². The third-order valence-electron chi connectivity index (χ3n) is 2.26. The molecule has 1 amide bonds. The molecule has 1 aromatic rings. The van der Waals surface area contributed by atoms with Crippen LogP contribution < -0.4 is 10.7 Å². The van der Waals surface area contributed by atoms with Gasteiger partial charge in [0, 0.05) is 12.1 Å². The van der Waals surface area contributed by atoms with Crippen LogP contribution in [0.3, 0.4) is 0 Å². The molecule has 0 aliphatic carbocycles. The van der Waals surface area contributed by atoms with E-state index in [1.54, 1.807) is 24.3 Å². The maximum absolute atomic E-state index is 11.8. The number of carbonyl (C=O) groups is 1. The topological polar surface area (TPSA) is 101 Å². The number of nitriles is 2. The van der Waals surface area contributed by atoms with E-state index in [4.69, 9.17) is 22.1 Å². The van der Waals surface area contributed by atoms with Crippen LogP contribution in [0, 0.1) is 22.7 Å². The van der Waals surface area contributed by atoms with E-state index in [1.165, 1.54) is 6.07 Å². The predicted molar refractivity (Wildman–Crippen MR) is 76.4 cm³/mol. The lowest BCUT2D eigenvalue weighted by Gasteiger charge is -2.07. The number of hydrogen-bond donors (Lipinski definition) is 2. The lowest BCUT2D eigenvalue weighted by atomic mass is 10.2. The van der Waals surface area contributed by atoms with Gasteiger partial charge in [0.2, 0.25) is 5.71 Å². The first-order valence-corrected chi connectivity index (χ1v) is 6.21. The first kappa shape index (κ1) is 15.5. The van der Waals surface area contributed by atoms with Crippen molar-refractivity contribution in [1.82, 2.24) is 5.32 Å². The van der Waals surface area contributed by atoms with Crippen LogP contribution in [0.1, 0.15) is 23.7 Å². The van der Waals surface area contributed by atoms with Gasteiger partial charge in [0.25, 0.3) is 5.91 Å². The Bertz CT molecular complexity index is 596. The average Bonchev–Trinajstić information content (AvgIpc) is 2.47. The zero-order chi connectivity index (χ0) is 15.0. The lowest BCUT2D eigenvalue weighted by molar-refractivity contribution is 0.0953. The van der Waals surface area contributed by atoms with Crippen LogP contribution in [0.25, 0.3) is 0 Å². The summed E-state index contributed by atoms with van der Waals surface area (Å²) in [5.41, 5.74) is 2.92. The Kier molecular flexibility index (Phi) is 6.02. The summed E-state index contributed by atoms with van der Waals surface area (Å²) in [6.45, 7) is 2.53. The van der Waals surface area contributed by atoms with E-state index in [1.807, 2.05) is 6.92 Å². The van der Waals surface area contributed by atoms with Gasteiger partial charge in [0.05, 0.1) is 10.7 Å². The Morgan fingerprint density at radius 2 is 2.10 bits per heavy atom. The molecule has 7 heteroatoms. The molecule has 0 heterocycles.